The maximum absolute atomic E-state index is 14.3. The first-order valence-corrected chi connectivity index (χ1v) is 10.2. The highest BCUT2D eigenvalue weighted by Crippen LogP contribution is 2.56. The first-order valence-electron chi connectivity index (χ1n) is 8.46. The molecule has 0 saturated carbocycles. The summed E-state index contributed by atoms with van der Waals surface area (Å²) < 4.78 is 14.3. The fourth-order valence-corrected chi connectivity index (χ4v) is 6.15. The van der Waals surface area contributed by atoms with Gasteiger partial charge in [-0.3, -0.25) is 0 Å². The topological polar surface area (TPSA) is 17.1 Å². The normalized spacial score (nSPS) is 12.8. The smallest absolute Gasteiger partial charge is 0.150 e. The Kier molecular flexibility index (Phi) is 5.02. The summed E-state index contributed by atoms with van der Waals surface area (Å²) in [7, 11) is -2.76. The van der Waals surface area contributed by atoms with Gasteiger partial charge in [0.2, 0.25) is 0 Å². The zero-order chi connectivity index (χ0) is 17.0. The number of aryl methyl sites for hydroxylation is 1. The van der Waals surface area contributed by atoms with Crippen molar-refractivity contribution in [2.45, 2.75) is 25.9 Å². The monoisotopic (exact) mass is 334 g/mol. The van der Waals surface area contributed by atoms with E-state index in [0.717, 1.165) is 22.6 Å². The third-order valence-corrected chi connectivity index (χ3v) is 8.21. The van der Waals surface area contributed by atoms with Crippen molar-refractivity contribution in [1.29, 1.82) is 0 Å². The highest BCUT2D eigenvalue weighted by molar-refractivity contribution is 7.79. The second-order valence-electron chi connectivity index (χ2n) is 6.10. The van der Waals surface area contributed by atoms with E-state index in [1.54, 1.807) is 0 Å². The number of benzene rings is 3. The van der Waals surface area contributed by atoms with E-state index in [0.29, 0.717) is 0 Å². The van der Waals surface area contributed by atoms with Gasteiger partial charge in [-0.1, -0.05) is 98.8 Å². The molecule has 3 aromatic rings. The van der Waals surface area contributed by atoms with Crippen LogP contribution in [0, 0.1) is 0 Å². The lowest BCUT2D eigenvalue weighted by Crippen LogP contribution is -2.20. The molecule has 0 spiro atoms. The SMILES string of the molecule is CCc1ccc([C@H](C)P(=O)(c2ccccc2)c2ccccc2)cc1. The van der Waals surface area contributed by atoms with Gasteiger partial charge in [-0.25, -0.2) is 0 Å². The van der Waals surface area contributed by atoms with Gasteiger partial charge >= 0.3 is 0 Å². The van der Waals surface area contributed by atoms with Crippen LogP contribution in [0.25, 0.3) is 0 Å². The van der Waals surface area contributed by atoms with E-state index in [9.17, 15) is 4.57 Å². The molecule has 1 atom stereocenters. The molecular formula is C22H23OP. The molecule has 0 radical (unpaired) electrons. The van der Waals surface area contributed by atoms with Crippen LogP contribution in [0.1, 0.15) is 30.6 Å². The molecule has 2 heteroatoms. The summed E-state index contributed by atoms with van der Waals surface area (Å²) >= 11 is 0. The van der Waals surface area contributed by atoms with Crippen molar-refractivity contribution >= 4 is 17.8 Å². The second kappa shape index (κ2) is 7.20. The standard InChI is InChI=1S/C22H23OP/c1-3-19-14-16-20(17-15-19)18(2)24(23,21-10-6-4-7-11-21)22-12-8-5-9-13-22/h4-18H,3H2,1-2H3/t18-/m0/s1. The minimum absolute atomic E-state index is 0.0618. The van der Waals surface area contributed by atoms with E-state index in [2.05, 4.69) is 38.1 Å². The number of rotatable bonds is 5. The molecule has 24 heavy (non-hydrogen) atoms. The van der Waals surface area contributed by atoms with E-state index in [1.165, 1.54) is 5.56 Å². The Bertz CT molecular complexity index is 779. The highest BCUT2D eigenvalue weighted by atomic mass is 31.2. The molecule has 0 saturated heterocycles. The van der Waals surface area contributed by atoms with Crippen molar-refractivity contribution in [1.82, 2.24) is 0 Å². The van der Waals surface area contributed by atoms with Crippen molar-refractivity contribution in [2.75, 3.05) is 0 Å². The molecule has 0 aliphatic heterocycles. The Hall–Kier alpha value is -2.11. The van der Waals surface area contributed by atoms with Gasteiger partial charge < -0.3 is 4.57 Å². The van der Waals surface area contributed by atoms with Crippen LogP contribution >= 0.6 is 7.14 Å². The van der Waals surface area contributed by atoms with Gasteiger partial charge in [0.25, 0.3) is 0 Å². The first-order chi connectivity index (χ1) is 11.7. The quantitative estimate of drug-likeness (QED) is 0.577. The van der Waals surface area contributed by atoms with Crippen molar-refractivity contribution in [3.8, 4) is 0 Å². The predicted molar refractivity (Wildman–Crippen MR) is 104 cm³/mol. The van der Waals surface area contributed by atoms with Crippen LogP contribution < -0.4 is 10.6 Å². The van der Waals surface area contributed by atoms with Crippen molar-refractivity contribution in [3.05, 3.63) is 96.1 Å². The summed E-state index contributed by atoms with van der Waals surface area (Å²) in [6.45, 7) is 4.24. The van der Waals surface area contributed by atoms with Crippen LogP contribution in [0.3, 0.4) is 0 Å². The maximum Gasteiger partial charge on any atom is 0.150 e. The van der Waals surface area contributed by atoms with E-state index in [-0.39, 0.29) is 5.66 Å². The van der Waals surface area contributed by atoms with Crippen molar-refractivity contribution in [3.63, 3.8) is 0 Å². The average molecular weight is 334 g/mol. The second-order valence-corrected chi connectivity index (χ2v) is 9.22. The van der Waals surface area contributed by atoms with Crippen LogP contribution in [-0.2, 0) is 11.0 Å². The molecular weight excluding hydrogens is 311 g/mol. The Morgan fingerprint density at radius 1 is 0.750 bits per heavy atom. The van der Waals surface area contributed by atoms with Crippen molar-refractivity contribution in [2.24, 2.45) is 0 Å². The zero-order valence-electron chi connectivity index (χ0n) is 14.2. The Balaban J connectivity index is 2.12. The number of hydrogen-bond acceptors (Lipinski definition) is 1. The highest BCUT2D eigenvalue weighted by Gasteiger charge is 2.34. The molecule has 0 N–H and O–H groups in total. The minimum atomic E-state index is -2.76. The summed E-state index contributed by atoms with van der Waals surface area (Å²) in [5, 5.41) is 1.84. The predicted octanol–water partition coefficient (Wildman–Crippen LogP) is 5.32. The fourth-order valence-electron chi connectivity index (χ4n) is 3.14. The van der Waals surface area contributed by atoms with Gasteiger partial charge in [0, 0.05) is 16.3 Å². The van der Waals surface area contributed by atoms with Crippen LogP contribution in [0.4, 0.5) is 0 Å². The van der Waals surface area contributed by atoms with E-state index >= 15 is 0 Å². The maximum atomic E-state index is 14.3. The van der Waals surface area contributed by atoms with Crippen LogP contribution in [0.15, 0.2) is 84.9 Å². The molecule has 1 nitrogen and oxygen atoms in total. The van der Waals surface area contributed by atoms with E-state index in [1.807, 2.05) is 60.7 Å². The molecule has 0 amide bonds. The summed E-state index contributed by atoms with van der Waals surface area (Å²) in [6, 6.07) is 28.3. The largest absolute Gasteiger partial charge is 0.313 e. The summed E-state index contributed by atoms with van der Waals surface area (Å²) in [5.74, 6) is 0. The molecule has 122 valence electrons. The molecule has 0 bridgehead atoms. The summed E-state index contributed by atoms with van der Waals surface area (Å²) in [4.78, 5) is 0. The third kappa shape index (κ3) is 3.09. The lowest BCUT2D eigenvalue weighted by molar-refractivity contribution is 0.581. The molecule has 0 aromatic heterocycles. The van der Waals surface area contributed by atoms with Gasteiger partial charge in [0.15, 0.2) is 0 Å². The zero-order valence-corrected chi connectivity index (χ0v) is 15.1. The molecule has 0 heterocycles. The first kappa shape index (κ1) is 16.7. The molecule has 3 aromatic carbocycles. The van der Waals surface area contributed by atoms with E-state index in [4.69, 9.17) is 0 Å². The van der Waals surface area contributed by atoms with Gasteiger partial charge in [-0.2, -0.15) is 0 Å². The summed E-state index contributed by atoms with van der Waals surface area (Å²) in [5.41, 5.74) is 2.37. The van der Waals surface area contributed by atoms with Crippen molar-refractivity contribution < 1.29 is 4.57 Å². The van der Waals surface area contributed by atoms with Crippen LogP contribution in [0.2, 0.25) is 0 Å². The van der Waals surface area contributed by atoms with Gasteiger partial charge in [0.1, 0.15) is 7.14 Å². The summed E-state index contributed by atoms with van der Waals surface area (Å²) in [6.07, 6.45) is 1.02. The average Bonchev–Trinajstić information content (AvgIpc) is 2.68. The Labute approximate surface area is 144 Å². The van der Waals surface area contributed by atoms with E-state index < -0.39 is 7.14 Å². The van der Waals surface area contributed by atoms with Gasteiger partial charge in [0.05, 0.1) is 0 Å². The van der Waals surface area contributed by atoms with Crippen LogP contribution in [-0.4, -0.2) is 0 Å². The molecule has 0 aliphatic carbocycles. The fraction of sp³-hybridized carbons (Fsp3) is 0.182. The Morgan fingerprint density at radius 3 is 1.62 bits per heavy atom. The number of hydrogen-bond donors (Lipinski definition) is 0. The van der Waals surface area contributed by atoms with Crippen LogP contribution in [0.5, 0.6) is 0 Å². The van der Waals surface area contributed by atoms with Gasteiger partial charge in [-0.05, 0) is 17.5 Å². The molecule has 0 aliphatic rings. The molecule has 3 rings (SSSR count). The lowest BCUT2D eigenvalue weighted by atomic mass is 10.1. The van der Waals surface area contributed by atoms with Gasteiger partial charge in [-0.15, -0.1) is 0 Å². The lowest BCUT2D eigenvalue weighted by Gasteiger charge is -2.26. The molecule has 0 fully saturated rings. The Morgan fingerprint density at radius 2 is 1.21 bits per heavy atom. The molecule has 0 unspecified atom stereocenters. The third-order valence-electron chi connectivity index (χ3n) is 4.70. The minimum Gasteiger partial charge on any atom is -0.313 e.